The Morgan fingerprint density at radius 2 is 2.31 bits per heavy atom. The van der Waals surface area contributed by atoms with Crippen molar-refractivity contribution in [1.29, 1.82) is 0 Å². The van der Waals surface area contributed by atoms with Gasteiger partial charge in [-0.05, 0) is 6.92 Å². The first-order chi connectivity index (χ1) is 7.75. The van der Waals surface area contributed by atoms with Crippen LogP contribution in [0.1, 0.15) is 12.7 Å². The normalized spacial score (nSPS) is 12.9. The van der Waals surface area contributed by atoms with E-state index in [9.17, 15) is 0 Å². The van der Waals surface area contributed by atoms with Crippen LogP contribution in [0.5, 0.6) is 0 Å². The first-order valence-electron chi connectivity index (χ1n) is 5.27. The largest absolute Gasteiger partial charge is 0.336 e. The quantitative estimate of drug-likeness (QED) is 0.781. The molecule has 6 heteroatoms. The number of imidazole rings is 1. The predicted molar refractivity (Wildman–Crippen MR) is 59.5 cm³/mol. The van der Waals surface area contributed by atoms with E-state index in [0.29, 0.717) is 6.04 Å². The summed E-state index contributed by atoms with van der Waals surface area (Å²) in [7, 11) is 1.94. The number of hydrogen-bond donors (Lipinski definition) is 1. The van der Waals surface area contributed by atoms with Crippen molar-refractivity contribution >= 4 is 0 Å². The average molecular weight is 220 g/mol. The van der Waals surface area contributed by atoms with Gasteiger partial charge in [0, 0.05) is 32.0 Å². The molecule has 1 atom stereocenters. The lowest BCUT2D eigenvalue weighted by Gasteiger charge is -2.13. The fraction of sp³-hybridized carbons (Fsp3) is 0.500. The fourth-order valence-electron chi connectivity index (χ4n) is 1.51. The molecule has 0 aliphatic rings. The number of nitrogens with zero attached hydrogens (tertiary/aromatic N) is 5. The van der Waals surface area contributed by atoms with Crippen LogP contribution in [0, 0.1) is 0 Å². The molecule has 6 nitrogen and oxygen atoms in total. The Kier molecular flexibility index (Phi) is 3.31. The molecule has 0 aromatic carbocycles. The van der Waals surface area contributed by atoms with Gasteiger partial charge in [-0.15, -0.1) is 10.2 Å². The van der Waals surface area contributed by atoms with Gasteiger partial charge in [-0.3, -0.25) is 0 Å². The Bertz CT molecular complexity index is 418. The van der Waals surface area contributed by atoms with E-state index >= 15 is 0 Å². The molecule has 0 spiro atoms. The topological polar surface area (TPSA) is 60.6 Å². The molecule has 0 bridgehead atoms. The van der Waals surface area contributed by atoms with Crippen molar-refractivity contribution in [3.63, 3.8) is 0 Å². The van der Waals surface area contributed by atoms with Crippen molar-refractivity contribution in [2.24, 2.45) is 7.05 Å². The summed E-state index contributed by atoms with van der Waals surface area (Å²) in [4.78, 5) is 4.01. The van der Waals surface area contributed by atoms with Crippen LogP contribution in [0.3, 0.4) is 0 Å². The van der Waals surface area contributed by atoms with Gasteiger partial charge in [-0.25, -0.2) is 4.98 Å². The summed E-state index contributed by atoms with van der Waals surface area (Å²) in [5, 5.41) is 11.2. The molecule has 0 fully saturated rings. The molecule has 0 saturated heterocycles. The molecule has 86 valence electrons. The van der Waals surface area contributed by atoms with Gasteiger partial charge in [0.05, 0.1) is 12.9 Å². The van der Waals surface area contributed by atoms with Gasteiger partial charge >= 0.3 is 0 Å². The lowest BCUT2D eigenvalue weighted by Crippen LogP contribution is -2.30. The zero-order valence-electron chi connectivity index (χ0n) is 9.54. The molecule has 0 radical (unpaired) electrons. The van der Waals surface area contributed by atoms with Crippen LogP contribution in [0.25, 0.3) is 0 Å². The summed E-state index contributed by atoms with van der Waals surface area (Å²) >= 11 is 0. The number of aromatic nitrogens is 5. The van der Waals surface area contributed by atoms with Crippen LogP contribution in [0.4, 0.5) is 0 Å². The van der Waals surface area contributed by atoms with Crippen molar-refractivity contribution in [2.75, 3.05) is 0 Å². The van der Waals surface area contributed by atoms with Gasteiger partial charge in [-0.2, -0.15) is 0 Å². The second-order valence-corrected chi connectivity index (χ2v) is 3.90. The Morgan fingerprint density at radius 1 is 1.44 bits per heavy atom. The van der Waals surface area contributed by atoms with Crippen molar-refractivity contribution in [1.82, 2.24) is 29.6 Å². The van der Waals surface area contributed by atoms with Crippen LogP contribution in [-0.2, 0) is 20.1 Å². The molecule has 2 rings (SSSR count). The predicted octanol–water partition coefficient (Wildman–Crippen LogP) is 0.190. The van der Waals surface area contributed by atoms with Gasteiger partial charge in [-0.1, -0.05) is 0 Å². The molecule has 0 aliphatic heterocycles. The zero-order chi connectivity index (χ0) is 11.4. The maximum Gasteiger partial charge on any atom is 0.146 e. The van der Waals surface area contributed by atoms with E-state index in [0.717, 1.165) is 18.9 Å². The van der Waals surface area contributed by atoms with E-state index in [4.69, 9.17) is 0 Å². The second-order valence-electron chi connectivity index (χ2n) is 3.90. The number of nitrogens with one attached hydrogen (secondary N) is 1. The minimum absolute atomic E-state index is 0.367. The highest BCUT2D eigenvalue weighted by molar-refractivity contribution is 4.84. The van der Waals surface area contributed by atoms with E-state index in [1.54, 1.807) is 12.5 Å². The SMILES string of the molecule is CC(Cn1ccnc1)NCc1nncn1C. The Hall–Kier alpha value is -1.69. The molecule has 1 unspecified atom stereocenters. The van der Waals surface area contributed by atoms with E-state index in [2.05, 4.69) is 27.4 Å². The van der Waals surface area contributed by atoms with Crippen LogP contribution in [0.15, 0.2) is 25.0 Å². The summed E-state index contributed by atoms with van der Waals surface area (Å²) in [5.41, 5.74) is 0. The van der Waals surface area contributed by atoms with Crippen molar-refractivity contribution < 1.29 is 0 Å². The lowest BCUT2D eigenvalue weighted by atomic mass is 10.3. The summed E-state index contributed by atoms with van der Waals surface area (Å²) in [5.74, 6) is 0.942. The minimum atomic E-state index is 0.367. The molecule has 16 heavy (non-hydrogen) atoms. The van der Waals surface area contributed by atoms with Crippen LogP contribution < -0.4 is 5.32 Å². The van der Waals surface area contributed by atoms with Crippen LogP contribution >= 0.6 is 0 Å². The zero-order valence-corrected chi connectivity index (χ0v) is 9.54. The van der Waals surface area contributed by atoms with E-state index < -0.39 is 0 Å². The highest BCUT2D eigenvalue weighted by atomic mass is 15.3. The third-order valence-corrected chi connectivity index (χ3v) is 2.46. The summed E-state index contributed by atoms with van der Waals surface area (Å²) in [6, 6.07) is 0.367. The highest BCUT2D eigenvalue weighted by Gasteiger charge is 2.05. The molecule has 2 aromatic heterocycles. The third-order valence-electron chi connectivity index (χ3n) is 2.46. The molecule has 1 N–H and O–H groups in total. The second kappa shape index (κ2) is 4.89. The van der Waals surface area contributed by atoms with Gasteiger partial charge in [0.1, 0.15) is 12.2 Å². The maximum absolute atomic E-state index is 4.02. The van der Waals surface area contributed by atoms with Crippen LogP contribution in [-0.4, -0.2) is 30.4 Å². The molecule has 0 aliphatic carbocycles. The van der Waals surface area contributed by atoms with E-state index in [-0.39, 0.29) is 0 Å². The summed E-state index contributed by atoms with van der Waals surface area (Å²) < 4.78 is 3.96. The fourth-order valence-corrected chi connectivity index (χ4v) is 1.51. The Labute approximate surface area is 94.3 Å². The number of rotatable bonds is 5. The van der Waals surface area contributed by atoms with Gasteiger partial charge in [0.15, 0.2) is 0 Å². The molecule has 0 saturated carbocycles. The van der Waals surface area contributed by atoms with Gasteiger partial charge in [0.25, 0.3) is 0 Å². The third kappa shape index (κ3) is 2.66. The van der Waals surface area contributed by atoms with Gasteiger partial charge in [0.2, 0.25) is 0 Å². The Morgan fingerprint density at radius 3 is 2.94 bits per heavy atom. The molecular weight excluding hydrogens is 204 g/mol. The van der Waals surface area contributed by atoms with Crippen LogP contribution in [0.2, 0.25) is 0 Å². The monoisotopic (exact) mass is 220 g/mol. The minimum Gasteiger partial charge on any atom is -0.336 e. The van der Waals surface area contributed by atoms with E-state index in [1.807, 2.05) is 28.7 Å². The molecule has 2 aromatic rings. The van der Waals surface area contributed by atoms with Gasteiger partial charge < -0.3 is 14.5 Å². The summed E-state index contributed by atoms with van der Waals surface area (Å²) in [6.45, 7) is 3.76. The number of aryl methyl sites for hydroxylation is 1. The Balaban J connectivity index is 1.80. The van der Waals surface area contributed by atoms with Crippen molar-refractivity contribution in [3.05, 3.63) is 30.9 Å². The smallest absolute Gasteiger partial charge is 0.146 e. The number of hydrogen-bond acceptors (Lipinski definition) is 4. The molecule has 0 amide bonds. The highest BCUT2D eigenvalue weighted by Crippen LogP contribution is 1.95. The van der Waals surface area contributed by atoms with Crippen molar-refractivity contribution in [2.45, 2.75) is 26.1 Å². The molecule has 2 heterocycles. The molecular formula is C10H16N6. The lowest BCUT2D eigenvalue weighted by molar-refractivity contribution is 0.465. The standard InChI is InChI=1S/C10H16N6/c1-9(6-16-4-3-11-7-16)12-5-10-14-13-8-15(10)2/h3-4,7-9,12H,5-6H2,1-2H3. The summed E-state index contributed by atoms with van der Waals surface area (Å²) in [6.07, 6.45) is 7.27. The first-order valence-corrected chi connectivity index (χ1v) is 5.27. The van der Waals surface area contributed by atoms with Crippen molar-refractivity contribution in [3.8, 4) is 0 Å². The maximum atomic E-state index is 4.02. The average Bonchev–Trinajstić information content (AvgIpc) is 2.87. The van der Waals surface area contributed by atoms with E-state index in [1.165, 1.54) is 0 Å². The first kappa shape index (κ1) is 10.8.